The molecule has 0 aliphatic carbocycles. The van der Waals surface area contributed by atoms with Crippen molar-refractivity contribution < 1.29 is 9.84 Å². The molecule has 4 rings (SSSR count). The molecule has 0 saturated carbocycles. The lowest BCUT2D eigenvalue weighted by Crippen LogP contribution is -2.16. The van der Waals surface area contributed by atoms with Crippen LogP contribution < -0.4 is 10.1 Å². The highest BCUT2D eigenvalue weighted by Gasteiger charge is 2.18. The van der Waals surface area contributed by atoms with Crippen LogP contribution in [0.4, 0.5) is 5.82 Å². The van der Waals surface area contributed by atoms with Gasteiger partial charge in [0.15, 0.2) is 5.82 Å². The van der Waals surface area contributed by atoms with Crippen LogP contribution in [0.3, 0.4) is 0 Å². The number of aromatic nitrogens is 5. The van der Waals surface area contributed by atoms with E-state index in [2.05, 4.69) is 26.5 Å². The molecular weight excluding hydrogens is 430 g/mol. The van der Waals surface area contributed by atoms with Crippen molar-refractivity contribution in [1.82, 2.24) is 24.7 Å². The molecule has 0 aliphatic rings. The fourth-order valence-electron chi connectivity index (χ4n) is 3.53. The predicted molar refractivity (Wildman–Crippen MR) is 129 cm³/mol. The number of nitrogens with zero attached hydrogens (tertiary/aromatic N) is 6. The highest BCUT2D eigenvalue weighted by Crippen LogP contribution is 2.34. The number of nitriles is 1. The highest BCUT2D eigenvalue weighted by molar-refractivity contribution is 5.81. The maximum absolute atomic E-state index is 9.75. The third kappa shape index (κ3) is 5.19. The van der Waals surface area contributed by atoms with Crippen molar-refractivity contribution in [3.63, 3.8) is 0 Å². The molecule has 0 radical (unpaired) electrons. The second-order valence-corrected chi connectivity index (χ2v) is 7.92. The molecule has 3 heterocycles. The van der Waals surface area contributed by atoms with Gasteiger partial charge in [-0.2, -0.15) is 10.4 Å². The van der Waals surface area contributed by atoms with Gasteiger partial charge in [0, 0.05) is 47.9 Å². The van der Waals surface area contributed by atoms with Crippen LogP contribution in [0.5, 0.6) is 5.75 Å². The lowest BCUT2D eigenvalue weighted by Gasteiger charge is -2.12. The summed E-state index contributed by atoms with van der Waals surface area (Å²) in [5.41, 5.74) is 4.68. The van der Waals surface area contributed by atoms with Gasteiger partial charge in [-0.05, 0) is 49.7 Å². The third-order valence-corrected chi connectivity index (χ3v) is 5.05. The van der Waals surface area contributed by atoms with E-state index in [1.54, 1.807) is 37.3 Å². The van der Waals surface area contributed by atoms with Crippen LogP contribution in [0.15, 0.2) is 55.0 Å². The Bertz CT molecular complexity index is 1330. The van der Waals surface area contributed by atoms with E-state index in [0.29, 0.717) is 35.3 Å². The standard InChI is InChI=1S/C25H25N7O2/c1-16-9-19(11-20(10-16)34-3)24-21(15-32(31-24)8-6-26)22-12-23(28-13-17(2)33)30-25(29-22)18-5-4-7-27-14-18/h4-5,7,9-12,14-15,17,33H,8,13H2,1-3H3,(H,28,29,30)/t17-/m0/s1. The van der Waals surface area contributed by atoms with Crippen molar-refractivity contribution in [3.8, 4) is 45.7 Å². The Morgan fingerprint density at radius 2 is 2.06 bits per heavy atom. The Morgan fingerprint density at radius 1 is 1.21 bits per heavy atom. The van der Waals surface area contributed by atoms with Crippen LogP contribution in [-0.2, 0) is 6.54 Å². The molecule has 1 atom stereocenters. The molecule has 0 amide bonds. The molecule has 0 saturated heterocycles. The summed E-state index contributed by atoms with van der Waals surface area (Å²) >= 11 is 0. The van der Waals surface area contributed by atoms with Crippen LogP contribution in [0.1, 0.15) is 12.5 Å². The normalized spacial score (nSPS) is 11.6. The lowest BCUT2D eigenvalue weighted by atomic mass is 10.0. The van der Waals surface area contributed by atoms with E-state index in [0.717, 1.165) is 22.3 Å². The largest absolute Gasteiger partial charge is 0.497 e. The summed E-state index contributed by atoms with van der Waals surface area (Å²) in [6.45, 7) is 4.12. The number of aliphatic hydroxyl groups excluding tert-OH is 1. The molecular formula is C25H25N7O2. The maximum atomic E-state index is 9.75. The summed E-state index contributed by atoms with van der Waals surface area (Å²) in [5.74, 6) is 1.76. The Morgan fingerprint density at radius 3 is 2.76 bits per heavy atom. The zero-order valence-electron chi connectivity index (χ0n) is 19.2. The number of ether oxygens (including phenoxy) is 1. The number of hydrogen-bond acceptors (Lipinski definition) is 8. The number of rotatable bonds is 8. The van der Waals surface area contributed by atoms with E-state index < -0.39 is 6.10 Å². The molecule has 0 bridgehead atoms. The summed E-state index contributed by atoms with van der Waals surface area (Å²) < 4.78 is 7.05. The Labute approximate surface area is 197 Å². The van der Waals surface area contributed by atoms with E-state index in [1.807, 2.05) is 43.3 Å². The molecule has 9 heteroatoms. The summed E-state index contributed by atoms with van der Waals surface area (Å²) in [6.07, 6.45) is 4.65. The number of benzene rings is 1. The molecule has 2 N–H and O–H groups in total. The second kappa shape index (κ2) is 10.1. The smallest absolute Gasteiger partial charge is 0.163 e. The average molecular weight is 456 g/mol. The van der Waals surface area contributed by atoms with E-state index in [-0.39, 0.29) is 6.54 Å². The molecule has 1 aromatic carbocycles. The van der Waals surface area contributed by atoms with E-state index >= 15 is 0 Å². The Kier molecular flexibility index (Phi) is 6.80. The summed E-state index contributed by atoms with van der Waals surface area (Å²) in [7, 11) is 1.62. The number of aliphatic hydroxyl groups is 1. The first-order valence-corrected chi connectivity index (χ1v) is 10.8. The summed E-state index contributed by atoms with van der Waals surface area (Å²) in [5, 5.41) is 26.8. The van der Waals surface area contributed by atoms with Crippen LogP contribution in [0.25, 0.3) is 33.9 Å². The van der Waals surface area contributed by atoms with Gasteiger partial charge in [-0.1, -0.05) is 0 Å². The topological polar surface area (TPSA) is 122 Å². The Hall–Kier alpha value is -4.29. The van der Waals surface area contributed by atoms with Crippen molar-refractivity contribution in [2.75, 3.05) is 19.0 Å². The molecule has 172 valence electrons. The summed E-state index contributed by atoms with van der Waals surface area (Å²) in [6, 6.07) is 13.5. The van der Waals surface area contributed by atoms with Gasteiger partial charge >= 0.3 is 0 Å². The van der Waals surface area contributed by atoms with Gasteiger partial charge in [-0.15, -0.1) is 0 Å². The number of aryl methyl sites for hydroxylation is 1. The first kappa shape index (κ1) is 22.9. The van der Waals surface area contributed by atoms with Crippen LogP contribution >= 0.6 is 0 Å². The molecule has 0 aliphatic heterocycles. The first-order chi connectivity index (χ1) is 16.5. The van der Waals surface area contributed by atoms with Gasteiger partial charge < -0.3 is 15.2 Å². The van der Waals surface area contributed by atoms with Crippen LogP contribution in [0, 0.1) is 18.3 Å². The van der Waals surface area contributed by atoms with Crippen molar-refractivity contribution in [2.24, 2.45) is 0 Å². The van der Waals surface area contributed by atoms with Crippen molar-refractivity contribution in [2.45, 2.75) is 26.5 Å². The number of methoxy groups -OCH3 is 1. The minimum absolute atomic E-state index is 0.101. The lowest BCUT2D eigenvalue weighted by molar-refractivity contribution is 0.208. The quantitative estimate of drug-likeness (QED) is 0.412. The summed E-state index contributed by atoms with van der Waals surface area (Å²) in [4.78, 5) is 13.6. The van der Waals surface area contributed by atoms with Crippen LogP contribution in [-0.4, -0.2) is 49.6 Å². The first-order valence-electron chi connectivity index (χ1n) is 10.8. The fraction of sp³-hybridized carbons (Fsp3) is 0.240. The van der Waals surface area contributed by atoms with Gasteiger partial charge in [0.1, 0.15) is 23.8 Å². The van der Waals surface area contributed by atoms with Crippen LogP contribution in [0.2, 0.25) is 0 Å². The fourth-order valence-corrected chi connectivity index (χ4v) is 3.53. The minimum atomic E-state index is -0.547. The maximum Gasteiger partial charge on any atom is 0.163 e. The minimum Gasteiger partial charge on any atom is -0.497 e. The highest BCUT2D eigenvalue weighted by atomic mass is 16.5. The number of pyridine rings is 1. The second-order valence-electron chi connectivity index (χ2n) is 7.92. The zero-order chi connectivity index (χ0) is 24.1. The van der Waals surface area contributed by atoms with Gasteiger partial charge in [-0.25, -0.2) is 9.97 Å². The molecule has 0 spiro atoms. The zero-order valence-corrected chi connectivity index (χ0v) is 19.2. The van der Waals surface area contributed by atoms with Gasteiger partial charge in [0.25, 0.3) is 0 Å². The van der Waals surface area contributed by atoms with E-state index in [1.165, 1.54) is 0 Å². The molecule has 0 unspecified atom stereocenters. The molecule has 9 nitrogen and oxygen atoms in total. The molecule has 3 aromatic heterocycles. The van der Waals surface area contributed by atoms with Crippen molar-refractivity contribution >= 4 is 5.82 Å². The van der Waals surface area contributed by atoms with E-state index in [9.17, 15) is 10.4 Å². The number of nitrogens with one attached hydrogen (secondary N) is 1. The third-order valence-electron chi connectivity index (χ3n) is 5.05. The van der Waals surface area contributed by atoms with Gasteiger partial charge in [-0.3, -0.25) is 9.67 Å². The van der Waals surface area contributed by atoms with Crippen molar-refractivity contribution in [3.05, 3.63) is 60.6 Å². The SMILES string of the molecule is COc1cc(C)cc(-c2nn(CC#N)cc2-c2cc(NC[C@H](C)O)nc(-c3cccnc3)n2)c1. The van der Waals surface area contributed by atoms with Gasteiger partial charge in [0.2, 0.25) is 0 Å². The molecule has 0 fully saturated rings. The molecule has 4 aromatic rings. The van der Waals surface area contributed by atoms with Gasteiger partial charge in [0.05, 0.1) is 25.0 Å². The molecule has 34 heavy (non-hydrogen) atoms. The average Bonchev–Trinajstić information content (AvgIpc) is 3.27. The number of anilines is 1. The van der Waals surface area contributed by atoms with Crippen molar-refractivity contribution in [1.29, 1.82) is 5.26 Å². The monoisotopic (exact) mass is 455 g/mol. The van der Waals surface area contributed by atoms with E-state index in [4.69, 9.17) is 9.72 Å². The number of hydrogen-bond donors (Lipinski definition) is 2. The predicted octanol–water partition coefficient (Wildman–Crippen LogP) is 3.70. The Balaban J connectivity index is 1.90.